The van der Waals surface area contributed by atoms with Gasteiger partial charge in [0.25, 0.3) is 0 Å². The summed E-state index contributed by atoms with van der Waals surface area (Å²) in [7, 11) is 0. The molecule has 1 aliphatic heterocycles. The van der Waals surface area contributed by atoms with Gasteiger partial charge in [0.15, 0.2) is 0 Å². The highest BCUT2D eigenvalue weighted by Crippen LogP contribution is 2.34. The van der Waals surface area contributed by atoms with Gasteiger partial charge in [-0.2, -0.15) is 13.2 Å². The van der Waals surface area contributed by atoms with Gasteiger partial charge >= 0.3 is 6.18 Å². The van der Waals surface area contributed by atoms with Crippen molar-refractivity contribution in [3.8, 4) is 0 Å². The van der Waals surface area contributed by atoms with Crippen molar-refractivity contribution in [1.82, 2.24) is 10.2 Å². The first-order chi connectivity index (χ1) is 9.88. The van der Waals surface area contributed by atoms with Crippen molar-refractivity contribution < 1.29 is 17.6 Å². The number of halogens is 5. The second-order valence-corrected chi connectivity index (χ2v) is 5.51. The molecule has 7 heteroatoms. The van der Waals surface area contributed by atoms with E-state index in [0.717, 1.165) is 0 Å². The quantitative estimate of drug-likeness (QED) is 0.848. The van der Waals surface area contributed by atoms with E-state index in [-0.39, 0.29) is 17.0 Å². The number of rotatable bonds is 4. The summed E-state index contributed by atoms with van der Waals surface area (Å²) in [5, 5.41) is 3.08. The molecule has 1 aliphatic rings. The van der Waals surface area contributed by atoms with Gasteiger partial charge < -0.3 is 5.32 Å². The minimum absolute atomic E-state index is 0.0559. The fourth-order valence-electron chi connectivity index (χ4n) is 2.61. The Labute approximate surface area is 126 Å². The Bertz CT molecular complexity index is 473. The molecule has 21 heavy (non-hydrogen) atoms. The molecule has 0 spiro atoms. The lowest BCUT2D eigenvalue weighted by molar-refractivity contribution is -0.138. The normalized spacial score (nSPS) is 18.7. The van der Waals surface area contributed by atoms with Crippen LogP contribution in [0.25, 0.3) is 0 Å². The zero-order valence-electron chi connectivity index (χ0n) is 11.4. The van der Waals surface area contributed by atoms with Crippen LogP contribution in [-0.4, -0.2) is 37.3 Å². The highest BCUT2D eigenvalue weighted by Gasteiger charge is 2.32. The monoisotopic (exact) mass is 324 g/mol. The molecule has 0 aromatic heterocycles. The molecule has 0 aliphatic carbocycles. The molecule has 1 aromatic rings. The summed E-state index contributed by atoms with van der Waals surface area (Å²) >= 11 is 5.76. The van der Waals surface area contributed by atoms with Gasteiger partial charge in [0.05, 0.1) is 5.02 Å². The van der Waals surface area contributed by atoms with E-state index in [2.05, 4.69) is 5.32 Å². The lowest BCUT2D eigenvalue weighted by atomic mass is 9.98. The van der Waals surface area contributed by atoms with E-state index in [0.29, 0.717) is 26.2 Å². The average molecular weight is 325 g/mol. The van der Waals surface area contributed by atoms with E-state index in [1.807, 2.05) is 4.90 Å². The lowest BCUT2D eigenvalue weighted by Gasteiger charge is -2.35. The summed E-state index contributed by atoms with van der Waals surface area (Å²) in [6.45, 7) is 2.55. The Morgan fingerprint density at radius 3 is 2.52 bits per heavy atom. The van der Waals surface area contributed by atoms with E-state index in [9.17, 15) is 17.6 Å². The van der Waals surface area contributed by atoms with Crippen LogP contribution in [0.15, 0.2) is 18.2 Å². The maximum absolute atomic E-state index is 14.2. The summed E-state index contributed by atoms with van der Waals surface area (Å²) in [6.07, 6.45) is -5.35. The Morgan fingerprint density at radius 1 is 1.24 bits per heavy atom. The molecule has 1 N–H and O–H groups in total. The average Bonchev–Trinajstić information content (AvgIpc) is 2.43. The number of nitrogens with one attached hydrogen (secondary N) is 1. The van der Waals surface area contributed by atoms with Crippen LogP contribution >= 0.6 is 11.6 Å². The second kappa shape index (κ2) is 6.94. The number of hydrogen-bond donors (Lipinski definition) is 1. The molecule has 0 radical (unpaired) electrons. The molecule has 0 amide bonds. The fourth-order valence-corrected chi connectivity index (χ4v) is 2.79. The Morgan fingerprint density at radius 2 is 1.90 bits per heavy atom. The number of hydrogen-bond acceptors (Lipinski definition) is 2. The summed E-state index contributed by atoms with van der Waals surface area (Å²) in [5.74, 6) is -0.620. The minimum atomic E-state index is -4.25. The largest absolute Gasteiger partial charge is 0.389 e. The maximum atomic E-state index is 14.2. The van der Waals surface area contributed by atoms with Gasteiger partial charge in [-0.15, -0.1) is 0 Å². The molecule has 1 saturated heterocycles. The van der Waals surface area contributed by atoms with Gasteiger partial charge in [0, 0.05) is 44.2 Å². The molecule has 2 rings (SSSR count). The number of benzene rings is 1. The third-order valence-corrected chi connectivity index (χ3v) is 3.93. The zero-order chi connectivity index (χ0) is 15.5. The first kappa shape index (κ1) is 16.5. The van der Waals surface area contributed by atoms with Crippen molar-refractivity contribution in [2.24, 2.45) is 0 Å². The van der Waals surface area contributed by atoms with E-state index in [1.54, 1.807) is 6.07 Å². The summed E-state index contributed by atoms with van der Waals surface area (Å²) in [4.78, 5) is 1.89. The number of piperazine rings is 1. The van der Waals surface area contributed by atoms with Crippen LogP contribution in [0, 0.1) is 5.82 Å². The van der Waals surface area contributed by atoms with Crippen LogP contribution in [0.2, 0.25) is 5.02 Å². The Balaban J connectivity index is 2.23. The molecule has 0 unspecified atom stereocenters. The molecule has 1 fully saturated rings. The molecule has 1 heterocycles. The molecule has 1 atom stereocenters. The first-order valence-electron chi connectivity index (χ1n) is 6.84. The van der Waals surface area contributed by atoms with Crippen molar-refractivity contribution >= 4 is 11.6 Å². The predicted octanol–water partition coefficient (Wildman–Crippen LogP) is 3.77. The molecule has 118 valence electrons. The molecule has 0 bridgehead atoms. The van der Waals surface area contributed by atoms with Gasteiger partial charge in [0.2, 0.25) is 0 Å². The van der Waals surface area contributed by atoms with Crippen molar-refractivity contribution in [3.63, 3.8) is 0 Å². The van der Waals surface area contributed by atoms with E-state index in [1.165, 1.54) is 12.1 Å². The molecular formula is C14H17ClF4N2. The van der Waals surface area contributed by atoms with Crippen LogP contribution < -0.4 is 5.32 Å². The van der Waals surface area contributed by atoms with Crippen LogP contribution in [0.4, 0.5) is 17.6 Å². The Kier molecular flexibility index (Phi) is 5.46. The maximum Gasteiger partial charge on any atom is 0.389 e. The summed E-state index contributed by atoms with van der Waals surface area (Å²) in [5.41, 5.74) is 0.244. The first-order valence-corrected chi connectivity index (χ1v) is 7.22. The molecule has 0 saturated carbocycles. The van der Waals surface area contributed by atoms with Gasteiger partial charge in [-0.25, -0.2) is 4.39 Å². The standard InChI is InChI=1S/C14H17ClF4N2/c15-11-3-1-2-10(13(11)16)12(4-5-14(17,18)19)21-8-6-20-7-9-21/h1-3,12,20H,4-9H2/t12-/m0/s1. The molecule has 1 aromatic carbocycles. The highest BCUT2D eigenvalue weighted by molar-refractivity contribution is 6.30. The fraction of sp³-hybridized carbons (Fsp3) is 0.571. The van der Waals surface area contributed by atoms with Gasteiger partial charge in [-0.3, -0.25) is 4.90 Å². The van der Waals surface area contributed by atoms with Crippen molar-refractivity contribution in [2.75, 3.05) is 26.2 Å². The van der Waals surface area contributed by atoms with E-state index >= 15 is 0 Å². The molecular weight excluding hydrogens is 308 g/mol. The highest BCUT2D eigenvalue weighted by atomic mass is 35.5. The van der Waals surface area contributed by atoms with Gasteiger partial charge in [-0.05, 0) is 12.5 Å². The van der Waals surface area contributed by atoms with E-state index in [4.69, 9.17) is 11.6 Å². The predicted molar refractivity (Wildman–Crippen MR) is 73.9 cm³/mol. The summed E-state index contributed by atoms with van der Waals surface area (Å²) < 4.78 is 51.8. The topological polar surface area (TPSA) is 15.3 Å². The zero-order valence-corrected chi connectivity index (χ0v) is 12.1. The van der Waals surface area contributed by atoms with Gasteiger partial charge in [-0.1, -0.05) is 23.7 Å². The third kappa shape index (κ3) is 4.56. The SMILES string of the molecule is Fc1c(Cl)cccc1[C@H](CCC(F)(F)F)N1CCNCC1. The van der Waals surface area contributed by atoms with Gasteiger partial charge in [0.1, 0.15) is 5.82 Å². The third-order valence-electron chi connectivity index (χ3n) is 3.63. The van der Waals surface area contributed by atoms with Crippen LogP contribution in [0.1, 0.15) is 24.4 Å². The molecule has 2 nitrogen and oxygen atoms in total. The Hall–Kier alpha value is -0.850. The van der Waals surface area contributed by atoms with Crippen LogP contribution in [-0.2, 0) is 0 Å². The summed E-state index contributed by atoms with van der Waals surface area (Å²) in [6, 6.07) is 3.89. The van der Waals surface area contributed by atoms with Crippen molar-refractivity contribution in [3.05, 3.63) is 34.6 Å². The lowest BCUT2D eigenvalue weighted by Crippen LogP contribution is -2.45. The van der Waals surface area contributed by atoms with Crippen molar-refractivity contribution in [2.45, 2.75) is 25.1 Å². The second-order valence-electron chi connectivity index (χ2n) is 5.10. The van der Waals surface area contributed by atoms with Crippen molar-refractivity contribution in [1.29, 1.82) is 0 Å². The van der Waals surface area contributed by atoms with Crippen LogP contribution in [0.3, 0.4) is 0 Å². The minimum Gasteiger partial charge on any atom is -0.314 e. The van der Waals surface area contributed by atoms with E-state index < -0.39 is 24.5 Å². The smallest absolute Gasteiger partial charge is 0.314 e. The number of alkyl halides is 3. The number of nitrogens with zero attached hydrogens (tertiary/aromatic N) is 1. The van der Waals surface area contributed by atoms with Crippen LogP contribution in [0.5, 0.6) is 0 Å².